The molecule has 3 saturated carbocycles. The third kappa shape index (κ3) is 11.8. The lowest BCUT2D eigenvalue weighted by Gasteiger charge is -2.47. The van der Waals surface area contributed by atoms with Crippen molar-refractivity contribution < 1.29 is 38.2 Å². The van der Waals surface area contributed by atoms with Gasteiger partial charge < -0.3 is 24.0 Å². The number of anilines is 1. The lowest BCUT2D eigenvalue weighted by molar-refractivity contribution is -0.171. The Kier molecular flexibility index (Phi) is 15.5. The van der Waals surface area contributed by atoms with Crippen LogP contribution in [0.4, 0.5) is 20.3 Å². The second-order valence-corrected chi connectivity index (χ2v) is 16.0. The van der Waals surface area contributed by atoms with Gasteiger partial charge in [-0.25, -0.2) is 34.0 Å². The van der Waals surface area contributed by atoms with E-state index in [1.165, 1.54) is 19.3 Å². The molecular weight excluding hydrogens is 720 g/mol. The number of carbonyl (C=O) groups excluding carboxylic acids is 5. The van der Waals surface area contributed by atoms with Gasteiger partial charge in [0.1, 0.15) is 0 Å². The van der Waals surface area contributed by atoms with Crippen LogP contribution < -0.4 is 15.5 Å². The Bertz CT molecular complexity index is 1450. The first-order chi connectivity index (χ1) is 27.4. The van der Waals surface area contributed by atoms with E-state index in [2.05, 4.69) is 25.6 Å². The van der Waals surface area contributed by atoms with Gasteiger partial charge in [0.05, 0.1) is 25.7 Å². The zero-order valence-corrected chi connectivity index (χ0v) is 32.7. The Hall–Kier alpha value is -4.50. The van der Waals surface area contributed by atoms with Gasteiger partial charge >= 0.3 is 24.2 Å². The maximum atomic E-state index is 13.8. The zero-order chi connectivity index (χ0) is 39.1. The maximum absolute atomic E-state index is 13.8. The van der Waals surface area contributed by atoms with Gasteiger partial charge in [0.25, 0.3) is 0 Å². The van der Waals surface area contributed by atoms with Crippen LogP contribution in [-0.2, 0) is 23.8 Å². The molecule has 5 aliphatic rings. The highest BCUT2D eigenvalue weighted by Crippen LogP contribution is 2.34. The molecule has 3 heterocycles. The number of amides is 5. The summed E-state index contributed by atoms with van der Waals surface area (Å²) >= 11 is 0. The number of piperazine rings is 1. The van der Waals surface area contributed by atoms with Gasteiger partial charge in [0, 0.05) is 45.1 Å². The number of likely N-dealkylation sites (tertiary alicyclic amines) is 1. The fourth-order valence-corrected chi connectivity index (χ4v) is 8.63. The van der Waals surface area contributed by atoms with E-state index in [0.717, 1.165) is 81.9 Å². The molecule has 2 N–H and O–H groups in total. The van der Waals surface area contributed by atoms with Gasteiger partial charge in [0.15, 0.2) is 6.04 Å². The highest BCUT2D eigenvalue weighted by atomic mass is 16.6. The third-order valence-electron chi connectivity index (χ3n) is 12.0. The Morgan fingerprint density at radius 3 is 1.71 bits per heavy atom. The van der Waals surface area contributed by atoms with Gasteiger partial charge in [-0.1, -0.05) is 57.8 Å². The molecule has 2 atom stereocenters. The van der Waals surface area contributed by atoms with Crippen LogP contribution in [0, 0.1) is 23.7 Å². The highest BCUT2D eigenvalue weighted by molar-refractivity contribution is 6.08. The Balaban J connectivity index is 1.05. The third-order valence-corrected chi connectivity index (χ3v) is 12.0. The number of urea groups is 1. The van der Waals surface area contributed by atoms with Crippen LogP contribution in [0.2, 0.25) is 0 Å². The number of aromatic nitrogens is 2. The zero-order valence-electron chi connectivity index (χ0n) is 32.7. The second-order valence-electron chi connectivity index (χ2n) is 16.0. The summed E-state index contributed by atoms with van der Waals surface area (Å²) in [5.74, 6) is -0.398. The molecular formula is C40H60N8O8. The Labute approximate surface area is 329 Å². The summed E-state index contributed by atoms with van der Waals surface area (Å²) in [6.07, 6.45) is 18.7. The number of nitrogens with zero attached hydrogens (tertiary/aromatic N) is 6. The molecule has 1 aromatic rings. The number of ether oxygens (including phenoxy) is 3. The molecule has 0 aromatic carbocycles. The number of esters is 1. The van der Waals surface area contributed by atoms with Crippen molar-refractivity contribution in [2.24, 2.45) is 28.7 Å². The topological polar surface area (TPSA) is 185 Å². The monoisotopic (exact) mass is 780 g/mol. The summed E-state index contributed by atoms with van der Waals surface area (Å²) in [5, 5.41) is 5.13. The van der Waals surface area contributed by atoms with Crippen LogP contribution in [-0.4, -0.2) is 114 Å². The van der Waals surface area contributed by atoms with E-state index >= 15 is 0 Å². The molecule has 0 spiro atoms. The van der Waals surface area contributed by atoms with E-state index in [0.29, 0.717) is 63.6 Å². The summed E-state index contributed by atoms with van der Waals surface area (Å²) in [6.45, 7) is 2.64. The van der Waals surface area contributed by atoms with Crippen LogP contribution in [0.1, 0.15) is 109 Å². The van der Waals surface area contributed by atoms with E-state index in [1.54, 1.807) is 23.4 Å². The number of guanidine groups is 1. The van der Waals surface area contributed by atoms with Gasteiger partial charge in [-0.3, -0.25) is 20.4 Å². The average molecular weight is 781 g/mol. The molecule has 16 nitrogen and oxygen atoms in total. The first-order valence-corrected chi connectivity index (χ1v) is 21.1. The van der Waals surface area contributed by atoms with Crippen molar-refractivity contribution in [3.05, 3.63) is 18.5 Å². The highest BCUT2D eigenvalue weighted by Gasteiger charge is 2.56. The number of nitrogens with one attached hydrogen (secondary N) is 2. The quantitative estimate of drug-likeness (QED) is 0.0690. The lowest BCUT2D eigenvalue weighted by atomic mass is 9.83. The molecule has 1 unspecified atom stereocenters. The molecule has 1 aromatic heterocycles. The number of aliphatic imine (C=N–C) groups is 1. The van der Waals surface area contributed by atoms with Gasteiger partial charge in [-0.05, 0) is 75.2 Å². The molecule has 0 bridgehead atoms. The van der Waals surface area contributed by atoms with Crippen LogP contribution in [0.3, 0.4) is 0 Å². The van der Waals surface area contributed by atoms with Crippen LogP contribution in [0.5, 0.6) is 0 Å². The Morgan fingerprint density at radius 1 is 0.696 bits per heavy atom. The predicted octanol–water partition coefficient (Wildman–Crippen LogP) is 5.42. The number of β-lactam (4-membered cyclic amide) rings is 1. The summed E-state index contributed by atoms with van der Waals surface area (Å²) < 4.78 is 16.8. The smallest absolute Gasteiger partial charge is 0.413 e. The van der Waals surface area contributed by atoms with Crippen molar-refractivity contribution in [1.82, 2.24) is 30.4 Å². The standard InChI is InChI=1S/C40H60N8O8/c49-34-32(18-10-19-41-36(44-38(51)55-27-30-14-6-2-7-15-30)45-39(52)56-28-31-16-8-3-9-17-31)33(35(50)54-26-29-12-4-1-5-13-29)48(34)40(53)47-24-22-46(23-25-47)37-42-20-11-21-43-37/h11,20-21,29-33H,1-10,12-19,22-28H2,(H2,41,44,45,51,52)/t32-,33?/m1/s1. The van der Waals surface area contributed by atoms with E-state index in [1.807, 2.05) is 4.90 Å². The van der Waals surface area contributed by atoms with Crippen molar-refractivity contribution in [3.8, 4) is 0 Å². The van der Waals surface area contributed by atoms with Crippen LogP contribution in [0.25, 0.3) is 0 Å². The van der Waals surface area contributed by atoms with Crippen LogP contribution in [0.15, 0.2) is 23.5 Å². The molecule has 0 radical (unpaired) electrons. The van der Waals surface area contributed by atoms with E-state index in [4.69, 9.17) is 14.2 Å². The van der Waals surface area contributed by atoms with Crippen LogP contribution >= 0.6 is 0 Å². The number of hydrogen-bond donors (Lipinski definition) is 2. The second kappa shape index (κ2) is 21.1. The number of carbonyl (C=O) groups is 5. The summed E-state index contributed by atoms with van der Waals surface area (Å²) in [5.41, 5.74) is 0. The maximum Gasteiger partial charge on any atom is 0.413 e. The number of rotatable bonds is 12. The average Bonchev–Trinajstić information content (AvgIpc) is 3.24. The van der Waals surface area contributed by atoms with Crippen molar-refractivity contribution in [1.29, 1.82) is 0 Å². The normalized spacial score (nSPS) is 22.4. The van der Waals surface area contributed by atoms with Crippen molar-refractivity contribution >= 4 is 42.0 Å². The van der Waals surface area contributed by atoms with Crippen molar-refractivity contribution in [3.63, 3.8) is 0 Å². The minimum absolute atomic E-state index is 0.104. The summed E-state index contributed by atoms with van der Waals surface area (Å²) in [7, 11) is 0. The molecule has 6 rings (SSSR count). The largest absolute Gasteiger partial charge is 0.464 e. The number of hydrogen-bond acceptors (Lipinski definition) is 12. The van der Waals surface area contributed by atoms with Gasteiger partial charge in [0.2, 0.25) is 17.8 Å². The first kappa shape index (κ1) is 41.1. The molecule has 5 fully saturated rings. The SMILES string of the molecule is O=C(NC(=NCCC[C@H]1C(=O)N(C(=O)N2CCN(c3ncccn3)CC2)C1C(=O)OCC1CCCCC1)NC(=O)OCC1CCCCC1)OCC1CCCCC1. The van der Waals surface area contributed by atoms with E-state index < -0.39 is 42.1 Å². The number of imide groups is 1. The molecule has 3 aliphatic carbocycles. The van der Waals surface area contributed by atoms with E-state index in [9.17, 15) is 24.0 Å². The molecule has 2 saturated heterocycles. The molecule has 16 heteroatoms. The van der Waals surface area contributed by atoms with Gasteiger partial charge in [-0.2, -0.15) is 0 Å². The summed E-state index contributed by atoms with van der Waals surface area (Å²) in [4.78, 5) is 84.3. The van der Waals surface area contributed by atoms with Crippen molar-refractivity contribution in [2.45, 2.75) is 115 Å². The molecule has 308 valence electrons. The fraction of sp³-hybridized carbons (Fsp3) is 0.750. The minimum Gasteiger partial charge on any atom is -0.464 e. The minimum atomic E-state index is -1.04. The lowest BCUT2D eigenvalue weighted by Crippen LogP contribution is -2.69. The number of alkyl carbamates (subject to hydrolysis) is 2. The Morgan fingerprint density at radius 2 is 1.20 bits per heavy atom. The van der Waals surface area contributed by atoms with E-state index in [-0.39, 0.29) is 31.4 Å². The van der Waals surface area contributed by atoms with Crippen molar-refractivity contribution in [2.75, 3.05) is 57.4 Å². The fourth-order valence-electron chi connectivity index (χ4n) is 8.63. The molecule has 2 aliphatic heterocycles. The summed E-state index contributed by atoms with van der Waals surface area (Å²) in [6, 6.07) is 0.192. The molecule has 56 heavy (non-hydrogen) atoms. The predicted molar refractivity (Wildman–Crippen MR) is 207 cm³/mol. The van der Waals surface area contributed by atoms with Gasteiger partial charge in [-0.15, -0.1) is 0 Å². The molecule has 5 amide bonds. The first-order valence-electron chi connectivity index (χ1n) is 21.1.